The first-order valence-electron chi connectivity index (χ1n) is 5.36. The molecule has 0 unspecified atom stereocenters. The third kappa shape index (κ3) is 8.66. The Morgan fingerprint density at radius 3 is 2.53 bits per heavy atom. The van der Waals surface area contributed by atoms with Crippen LogP contribution in [0.4, 0.5) is 0 Å². The number of nitrogens with zero attached hydrogens (tertiary/aromatic N) is 1. The Morgan fingerprint density at radius 2 is 1.93 bits per heavy atom. The maximum Gasteiger partial charge on any atom is 0.222 e. The van der Waals surface area contributed by atoms with Gasteiger partial charge < -0.3 is 4.90 Å². The van der Waals surface area contributed by atoms with Gasteiger partial charge in [-0.15, -0.1) is 0 Å². The van der Waals surface area contributed by atoms with Crippen LogP contribution in [0, 0.1) is 0 Å². The molecule has 0 fully saturated rings. The van der Waals surface area contributed by atoms with Crippen LogP contribution in [-0.4, -0.2) is 24.4 Å². The van der Waals surface area contributed by atoms with Gasteiger partial charge in [0, 0.05) is 20.0 Å². The van der Waals surface area contributed by atoms with E-state index in [0.29, 0.717) is 6.42 Å². The number of amides is 1. The highest BCUT2D eigenvalue weighted by Crippen LogP contribution is 2.00. The zero-order chi connectivity index (χ0) is 11.5. The van der Waals surface area contributed by atoms with E-state index in [0.717, 1.165) is 19.4 Å². The minimum atomic E-state index is 0.201. The quantitative estimate of drug-likeness (QED) is 0.399. The number of hydrogen-bond donors (Lipinski definition) is 0. The number of unbranched alkanes of at least 4 members (excludes halogenated alkanes) is 2. The molecule has 0 aliphatic rings. The van der Waals surface area contributed by atoms with Crippen LogP contribution in [0.5, 0.6) is 0 Å². The molecule has 0 aliphatic heterocycles. The zero-order valence-corrected chi connectivity index (χ0v) is 11.7. The Kier molecular flexibility index (Phi) is 9.99. The van der Waals surface area contributed by atoms with E-state index >= 15 is 0 Å². The molecule has 0 aromatic heterocycles. The van der Waals surface area contributed by atoms with E-state index in [9.17, 15) is 4.79 Å². The van der Waals surface area contributed by atoms with E-state index in [2.05, 4.69) is 44.9 Å². The number of likely N-dealkylation sites (N-methyl/N-ethyl adjacent to an activating group) is 1. The predicted molar refractivity (Wildman–Crippen MR) is 74.1 cm³/mol. The Morgan fingerprint density at radius 1 is 1.27 bits per heavy atom. The minimum Gasteiger partial charge on any atom is -0.342 e. The molecular formula is C12H20INO. The van der Waals surface area contributed by atoms with Gasteiger partial charge in [0.15, 0.2) is 0 Å². The number of hydrogen-bond acceptors (Lipinski definition) is 1. The van der Waals surface area contributed by atoms with Crippen molar-refractivity contribution in [2.75, 3.05) is 13.6 Å². The van der Waals surface area contributed by atoms with Crippen molar-refractivity contribution in [1.82, 2.24) is 4.90 Å². The molecule has 3 heteroatoms. The van der Waals surface area contributed by atoms with E-state index in [1.54, 1.807) is 4.90 Å². The van der Waals surface area contributed by atoms with Crippen LogP contribution in [0.3, 0.4) is 0 Å². The molecule has 1 amide bonds. The van der Waals surface area contributed by atoms with Gasteiger partial charge in [-0.2, -0.15) is 0 Å². The number of allylic oxidation sites excluding steroid dienone is 2. The molecule has 2 nitrogen and oxygen atoms in total. The second kappa shape index (κ2) is 10.2. The fraction of sp³-hybridized carbons (Fsp3) is 0.583. The second-order valence-electron chi connectivity index (χ2n) is 3.39. The largest absolute Gasteiger partial charge is 0.342 e. The number of halogens is 1. The molecule has 86 valence electrons. The van der Waals surface area contributed by atoms with E-state index in [1.165, 1.54) is 6.42 Å². The third-order valence-electron chi connectivity index (χ3n) is 2.10. The highest BCUT2D eigenvalue weighted by Gasteiger charge is 2.01. The summed E-state index contributed by atoms with van der Waals surface area (Å²) in [6, 6.07) is 0. The molecule has 0 rings (SSSR count). The van der Waals surface area contributed by atoms with E-state index < -0.39 is 0 Å². The van der Waals surface area contributed by atoms with Crippen LogP contribution in [0.15, 0.2) is 22.3 Å². The highest BCUT2D eigenvalue weighted by atomic mass is 127. The Labute approximate surface area is 107 Å². The van der Waals surface area contributed by atoms with Gasteiger partial charge in [-0.05, 0) is 23.3 Å². The van der Waals surface area contributed by atoms with Gasteiger partial charge in [-0.1, -0.05) is 47.7 Å². The lowest BCUT2D eigenvalue weighted by atomic mass is 10.2. The van der Waals surface area contributed by atoms with E-state index in [4.69, 9.17) is 0 Å². The number of carbonyl (C=O) groups is 1. The first-order chi connectivity index (χ1) is 7.22. The molecule has 0 aromatic carbocycles. The zero-order valence-electron chi connectivity index (χ0n) is 9.58. The van der Waals surface area contributed by atoms with Gasteiger partial charge >= 0.3 is 0 Å². The van der Waals surface area contributed by atoms with E-state index in [1.807, 2.05) is 14.0 Å². The molecule has 0 saturated heterocycles. The number of rotatable bonds is 7. The van der Waals surface area contributed by atoms with Gasteiger partial charge in [-0.25, -0.2) is 0 Å². The minimum absolute atomic E-state index is 0.201. The van der Waals surface area contributed by atoms with Crippen LogP contribution in [-0.2, 0) is 4.79 Å². The molecule has 0 aliphatic carbocycles. The Hall–Kier alpha value is -0.320. The van der Waals surface area contributed by atoms with Gasteiger partial charge in [0.2, 0.25) is 5.91 Å². The SMILES string of the molecule is CCC(=O)N(C)C/C=C/CCC/C=C\I. The lowest BCUT2D eigenvalue weighted by Gasteiger charge is -2.12. The van der Waals surface area contributed by atoms with Crippen molar-refractivity contribution in [3.05, 3.63) is 22.3 Å². The van der Waals surface area contributed by atoms with Crippen LogP contribution in [0.25, 0.3) is 0 Å². The smallest absolute Gasteiger partial charge is 0.222 e. The predicted octanol–water partition coefficient (Wildman–Crippen LogP) is 3.53. The average Bonchev–Trinajstić information content (AvgIpc) is 2.26. The number of carbonyl (C=O) groups excluding carboxylic acids is 1. The molecule has 0 radical (unpaired) electrons. The Bertz CT molecular complexity index is 224. The van der Waals surface area contributed by atoms with Crippen molar-refractivity contribution in [2.45, 2.75) is 32.6 Å². The summed E-state index contributed by atoms with van der Waals surface area (Å²) in [6.07, 6.45) is 10.4. The summed E-state index contributed by atoms with van der Waals surface area (Å²) < 4.78 is 2.05. The standard InChI is InChI=1S/C12H20INO/c1-3-12(15)14(2)11-9-7-5-4-6-8-10-13/h7-10H,3-6,11H2,1-2H3/b9-7+,10-8-. The monoisotopic (exact) mass is 321 g/mol. The normalized spacial score (nSPS) is 11.4. The van der Waals surface area contributed by atoms with Gasteiger partial charge in [0.05, 0.1) is 0 Å². The van der Waals surface area contributed by atoms with Gasteiger partial charge in [-0.3, -0.25) is 4.79 Å². The van der Waals surface area contributed by atoms with Crippen molar-refractivity contribution in [1.29, 1.82) is 0 Å². The summed E-state index contributed by atoms with van der Waals surface area (Å²) in [5.74, 6) is 0.201. The van der Waals surface area contributed by atoms with Crippen molar-refractivity contribution in [3.63, 3.8) is 0 Å². The van der Waals surface area contributed by atoms with Crippen molar-refractivity contribution >= 4 is 28.5 Å². The Balaban J connectivity index is 3.49. The summed E-state index contributed by atoms with van der Waals surface area (Å²) in [6.45, 7) is 2.62. The third-order valence-corrected chi connectivity index (χ3v) is 2.61. The molecule has 0 bridgehead atoms. The molecule has 0 saturated carbocycles. The summed E-state index contributed by atoms with van der Waals surface area (Å²) in [5.41, 5.74) is 0. The van der Waals surface area contributed by atoms with Crippen LogP contribution < -0.4 is 0 Å². The molecule has 15 heavy (non-hydrogen) atoms. The summed E-state index contributed by atoms with van der Waals surface area (Å²) >= 11 is 2.23. The molecule has 0 N–H and O–H groups in total. The lowest BCUT2D eigenvalue weighted by Crippen LogP contribution is -2.25. The molecule has 0 atom stereocenters. The summed E-state index contributed by atoms with van der Waals surface area (Å²) in [5, 5.41) is 0. The maximum atomic E-state index is 11.2. The topological polar surface area (TPSA) is 20.3 Å². The van der Waals surface area contributed by atoms with Crippen molar-refractivity contribution in [2.24, 2.45) is 0 Å². The fourth-order valence-electron chi connectivity index (χ4n) is 1.14. The van der Waals surface area contributed by atoms with Crippen molar-refractivity contribution in [3.8, 4) is 0 Å². The first kappa shape index (κ1) is 14.7. The van der Waals surface area contributed by atoms with Gasteiger partial charge in [0.25, 0.3) is 0 Å². The average molecular weight is 321 g/mol. The molecular weight excluding hydrogens is 301 g/mol. The lowest BCUT2D eigenvalue weighted by molar-refractivity contribution is -0.129. The van der Waals surface area contributed by atoms with E-state index in [-0.39, 0.29) is 5.91 Å². The van der Waals surface area contributed by atoms with Crippen LogP contribution >= 0.6 is 22.6 Å². The van der Waals surface area contributed by atoms with Crippen LogP contribution in [0.2, 0.25) is 0 Å². The van der Waals surface area contributed by atoms with Crippen molar-refractivity contribution < 1.29 is 4.79 Å². The molecule has 0 aromatic rings. The fourth-order valence-corrected chi connectivity index (χ4v) is 1.50. The molecule has 0 heterocycles. The van der Waals surface area contributed by atoms with Gasteiger partial charge in [0.1, 0.15) is 0 Å². The highest BCUT2D eigenvalue weighted by molar-refractivity contribution is 14.1. The molecule has 0 spiro atoms. The van der Waals surface area contributed by atoms with Crippen LogP contribution in [0.1, 0.15) is 32.6 Å². The maximum absolute atomic E-state index is 11.2. The first-order valence-corrected chi connectivity index (χ1v) is 6.61. The second-order valence-corrected chi connectivity index (χ2v) is 4.11. The summed E-state index contributed by atoms with van der Waals surface area (Å²) in [4.78, 5) is 13.0. The summed E-state index contributed by atoms with van der Waals surface area (Å²) in [7, 11) is 1.84.